The van der Waals surface area contributed by atoms with Crippen LogP contribution >= 0.6 is 22.9 Å². The lowest BCUT2D eigenvalue weighted by molar-refractivity contribution is 0.0629. The van der Waals surface area contributed by atoms with Crippen LogP contribution in [0.2, 0.25) is 5.02 Å². The van der Waals surface area contributed by atoms with Gasteiger partial charge in [0.25, 0.3) is 5.91 Å². The smallest absolute Gasteiger partial charge is 0.253 e. The van der Waals surface area contributed by atoms with Crippen molar-refractivity contribution in [2.24, 2.45) is 0 Å². The molecule has 3 aromatic rings. The summed E-state index contributed by atoms with van der Waals surface area (Å²) in [7, 11) is -3.87. The summed E-state index contributed by atoms with van der Waals surface area (Å²) in [4.78, 5) is 18.4. The number of carbonyl (C=O) groups is 1. The van der Waals surface area contributed by atoms with Gasteiger partial charge < -0.3 is 4.90 Å². The Morgan fingerprint density at radius 2 is 1.75 bits per heavy atom. The first-order chi connectivity index (χ1) is 15.4. The molecule has 1 fully saturated rings. The highest BCUT2D eigenvalue weighted by molar-refractivity contribution is 7.89. The number of carbonyl (C=O) groups excluding carboxylic acids is 1. The minimum Gasteiger partial charge on any atom is -0.336 e. The maximum Gasteiger partial charge on any atom is 0.253 e. The monoisotopic (exact) mass is 489 g/mol. The van der Waals surface area contributed by atoms with Gasteiger partial charge in [0.05, 0.1) is 5.02 Å². The van der Waals surface area contributed by atoms with E-state index in [1.807, 2.05) is 36.4 Å². The zero-order chi connectivity index (χ0) is 22.6. The molecule has 0 saturated carbocycles. The largest absolute Gasteiger partial charge is 0.336 e. The summed E-state index contributed by atoms with van der Waals surface area (Å²) in [6.45, 7) is 3.78. The van der Waals surface area contributed by atoms with Crippen LogP contribution in [0, 0.1) is 0 Å². The number of nitrogens with one attached hydrogen (secondary N) is 1. The molecule has 4 rings (SSSR count). The van der Waals surface area contributed by atoms with Gasteiger partial charge in [-0.15, -0.1) is 11.3 Å². The molecule has 0 atom stereocenters. The van der Waals surface area contributed by atoms with Crippen molar-refractivity contribution in [3.63, 3.8) is 0 Å². The predicted octanol–water partition coefficient (Wildman–Crippen LogP) is 3.84. The van der Waals surface area contributed by atoms with Crippen LogP contribution in [0.3, 0.4) is 0 Å². The van der Waals surface area contributed by atoms with Gasteiger partial charge in [-0.3, -0.25) is 9.69 Å². The Morgan fingerprint density at radius 3 is 2.44 bits per heavy atom. The standard InChI is InChI=1S/C23H24ClN3O3S2/c24-21-9-8-19(15-22(21)32(29,30)25-16-18-5-2-1-3-6-18)23(28)27-12-10-26(11-13-27)17-20-7-4-14-31-20/h1-9,14-15,25H,10-13,16-17H2. The molecule has 0 radical (unpaired) electrons. The molecule has 32 heavy (non-hydrogen) atoms. The van der Waals surface area contributed by atoms with Gasteiger partial charge in [0.2, 0.25) is 10.0 Å². The van der Waals surface area contributed by atoms with E-state index in [9.17, 15) is 13.2 Å². The number of amides is 1. The quantitative estimate of drug-likeness (QED) is 0.547. The van der Waals surface area contributed by atoms with Crippen molar-refractivity contribution in [3.8, 4) is 0 Å². The van der Waals surface area contributed by atoms with E-state index < -0.39 is 10.0 Å². The van der Waals surface area contributed by atoms with Crippen molar-refractivity contribution in [1.29, 1.82) is 0 Å². The van der Waals surface area contributed by atoms with E-state index in [4.69, 9.17) is 11.6 Å². The van der Waals surface area contributed by atoms with Crippen molar-refractivity contribution in [2.75, 3.05) is 26.2 Å². The molecule has 6 nitrogen and oxygen atoms in total. The highest BCUT2D eigenvalue weighted by atomic mass is 35.5. The van der Waals surface area contributed by atoms with Crippen LogP contribution in [-0.2, 0) is 23.1 Å². The maximum absolute atomic E-state index is 13.0. The van der Waals surface area contributed by atoms with Crippen LogP contribution < -0.4 is 4.72 Å². The van der Waals surface area contributed by atoms with Crippen molar-refractivity contribution in [2.45, 2.75) is 18.0 Å². The molecular weight excluding hydrogens is 466 g/mol. The van der Waals surface area contributed by atoms with E-state index in [0.717, 1.165) is 25.2 Å². The normalized spacial score (nSPS) is 15.1. The molecule has 1 saturated heterocycles. The molecule has 1 N–H and O–H groups in total. The van der Waals surface area contributed by atoms with E-state index in [0.29, 0.717) is 18.7 Å². The first kappa shape index (κ1) is 22.9. The van der Waals surface area contributed by atoms with Crippen molar-refractivity contribution >= 4 is 38.9 Å². The van der Waals surface area contributed by atoms with Gasteiger partial charge in [-0.2, -0.15) is 0 Å². The van der Waals surface area contributed by atoms with Gasteiger partial charge in [0.1, 0.15) is 4.90 Å². The second-order valence-electron chi connectivity index (χ2n) is 7.60. The topological polar surface area (TPSA) is 69.7 Å². The third-order valence-corrected chi connectivity index (χ3v) is 8.14. The summed E-state index contributed by atoms with van der Waals surface area (Å²) in [6, 6.07) is 17.8. The second kappa shape index (κ2) is 10.1. The lowest BCUT2D eigenvalue weighted by Gasteiger charge is -2.34. The molecule has 2 heterocycles. The molecule has 0 aliphatic carbocycles. The first-order valence-corrected chi connectivity index (χ1v) is 13.0. The fourth-order valence-corrected chi connectivity index (χ4v) is 5.90. The first-order valence-electron chi connectivity index (χ1n) is 10.3. The van der Waals surface area contributed by atoms with Crippen LogP contribution in [-0.4, -0.2) is 50.3 Å². The fourth-order valence-electron chi connectivity index (χ4n) is 3.61. The van der Waals surface area contributed by atoms with Crippen LogP contribution in [0.5, 0.6) is 0 Å². The molecule has 9 heteroatoms. The number of benzene rings is 2. The van der Waals surface area contributed by atoms with Crippen molar-refractivity contribution < 1.29 is 13.2 Å². The lowest BCUT2D eigenvalue weighted by Crippen LogP contribution is -2.48. The summed E-state index contributed by atoms with van der Waals surface area (Å²) in [5.74, 6) is -0.183. The molecule has 1 aliphatic heterocycles. The fraction of sp³-hybridized carbons (Fsp3) is 0.261. The molecule has 0 bridgehead atoms. The summed E-state index contributed by atoms with van der Waals surface area (Å²) in [6.07, 6.45) is 0. The van der Waals surface area contributed by atoms with Crippen molar-refractivity contribution in [1.82, 2.24) is 14.5 Å². The minimum atomic E-state index is -3.87. The number of halogens is 1. The summed E-state index contributed by atoms with van der Waals surface area (Å²) < 4.78 is 28.3. The van der Waals surface area contributed by atoms with Gasteiger partial charge in [0.15, 0.2) is 0 Å². The van der Waals surface area contributed by atoms with Crippen LogP contribution in [0.1, 0.15) is 20.8 Å². The highest BCUT2D eigenvalue weighted by Crippen LogP contribution is 2.24. The van der Waals surface area contributed by atoms with Crippen LogP contribution in [0.15, 0.2) is 70.9 Å². The molecular formula is C23H24ClN3O3S2. The molecule has 1 amide bonds. The average molecular weight is 490 g/mol. The number of nitrogens with zero attached hydrogens (tertiary/aromatic N) is 2. The van der Waals surface area contributed by atoms with Crippen molar-refractivity contribution in [3.05, 3.63) is 87.1 Å². The summed E-state index contributed by atoms with van der Waals surface area (Å²) in [5, 5.41) is 2.15. The second-order valence-corrected chi connectivity index (χ2v) is 10.8. The zero-order valence-electron chi connectivity index (χ0n) is 17.4. The third-order valence-electron chi connectivity index (χ3n) is 5.40. The van der Waals surface area contributed by atoms with Gasteiger partial charge >= 0.3 is 0 Å². The Balaban J connectivity index is 1.42. The van der Waals surface area contributed by atoms with Gasteiger partial charge in [-0.05, 0) is 35.2 Å². The average Bonchev–Trinajstić information content (AvgIpc) is 3.32. The predicted molar refractivity (Wildman–Crippen MR) is 127 cm³/mol. The number of thiophene rings is 1. The van der Waals surface area contributed by atoms with E-state index in [1.165, 1.54) is 17.0 Å². The Kier molecular flexibility index (Phi) is 7.27. The molecule has 2 aromatic carbocycles. The Morgan fingerprint density at radius 1 is 1.00 bits per heavy atom. The van der Waals surface area contributed by atoms with E-state index in [2.05, 4.69) is 21.1 Å². The van der Waals surface area contributed by atoms with E-state index in [1.54, 1.807) is 22.3 Å². The number of hydrogen-bond acceptors (Lipinski definition) is 5. The highest BCUT2D eigenvalue weighted by Gasteiger charge is 2.25. The molecule has 168 valence electrons. The number of hydrogen-bond donors (Lipinski definition) is 1. The number of rotatable bonds is 7. The molecule has 1 aliphatic rings. The summed E-state index contributed by atoms with van der Waals surface area (Å²) in [5.41, 5.74) is 1.15. The lowest BCUT2D eigenvalue weighted by atomic mass is 10.2. The molecule has 0 unspecified atom stereocenters. The van der Waals surface area contributed by atoms with Crippen LogP contribution in [0.4, 0.5) is 0 Å². The Hall–Kier alpha value is -2.23. The maximum atomic E-state index is 13.0. The zero-order valence-corrected chi connectivity index (χ0v) is 19.8. The van der Waals surface area contributed by atoms with Gasteiger partial charge in [-0.25, -0.2) is 13.1 Å². The molecule has 0 spiro atoms. The van der Waals surface area contributed by atoms with Gasteiger partial charge in [-0.1, -0.05) is 48.0 Å². The number of sulfonamides is 1. The van der Waals surface area contributed by atoms with E-state index in [-0.39, 0.29) is 22.4 Å². The van der Waals surface area contributed by atoms with Crippen LogP contribution in [0.25, 0.3) is 0 Å². The number of piperazine rings is 1. The minimum absolute atomic E-state index is 0.0859. The Labute approximate surface area is 197 Å². The Bertz CT molecular complexity index is 1160. The summed E-state index contributed by atoms with van der Waals surface area (Å²) >= 11 is 7.92. The van der Waals surface area contributed by atoms with E-state index >= 15 is 0 Å². The third kappa shape index (κ3) is 5.57. The SMILES string of the molecule is O=C(c1ccc(Cl)c(S(=O)(=O)NCc2ccccc2)c1)N1CCN(Cc2cccs2)CC1. The molecule has 1 aromatic heterocycles. The van der Waals surface area contributed by atoms with Gasteiger partial charge in [0, 0.05) is 49.7 Å².